The fourth-order valence-corrected chi connectivity index (χ4v) is 0.309. The third-order valence-electron chi connectivity index (χ3n) is 0.667. The predicted molar refractivity (Wildman–Crippen MR) is 29.8 cm³/mol. The van der Waals surface area contributed by atoms with Crippen molar-refractivity contribution < 1.29 is 45.8 Å². The van der Waals surface area contributed by atoms with E-state index in [0.29, 0.717) is 19.8 Å². The zero-order valence-corrected chi connectivity index (χ0v) is 7.23. The molecule has 0 aromatic carbocycles. The molecular formula is C5H12ClLiO3. The standard InChI is InChI=1S/C5H12O3.ClH.Li/c1-7-4-5-8-3-2-6;;/h6H,2-5H2,1H3;1H;/q;;+1/p-1. The van der Waals surface area contributed by atoms with Gasteiger partial charge in [0, 0.05) is 7.11 Å². The van der Waals surface area contributed by atoms with Crippen LogP contribution >= 0.6 is 0 Å². The van der Waals surface area contributed by atoms with Crippen LogP contribution in [0.2, 0.25) is 0 Å². The molecule has 0 unspecified atom stereocenters. The molecular weight excluding hydrogens is 150 g/mol. The van der Waals surface area contributed by atoms with Crippen molar-refractivity contribution in [2.45, 2.75) is 0 Å². The zero-order valence-electron chi connectivity index (χ0n) is 6.47. The fourth-order valence-electron chi connectivity index (χ4n) is 0.309. The van der Waals surface area contributed by atoms with E-state index in [9.17, 15) is 0 Å². The van der Waals surface area contributed by atoms with Gasteiger partial charge >= 0.3 is 18.9 Å². The Hall–Kier alpha value is 0.767. The number of halogens is 1. The summed E-state index contributed by atoms with van der Waals surface area (Å²) in [5.74, 6) is 0. The smallest absolute Gasteiger partial charge is 1.00 e. The van der Waals surface area contributed by atoms with Crippen molar-refractivity contribution in [1.82, 2.24) is 0 Å². The molecule has 0 aliphatic heterocycles. The van der Waals surface area contributed by atoms with Crippen LogP contribution in [0.4, 0.5) is 0 Å². The normalized spacial score (nSPS) is 7.80. The third kappa shape index (κ3) is 15.9. The Morgan fingerprint density at radius 2 is 1.80 bits per heavy atom. The molecule has 0 heterocycles. The summed E-state index contributed by atoms with van der Waals surface area (Å²) in [5.41, 5.74) is 0. The molecule has 0 saturated heterocycles. The second-order valence-corrected chi connectivity index (χ2v) is 1.33. The van der Waals surface area contributed by atoms with Crippen molar-refractivity contribution >= 4 is 0 Å². The van der Waals surface area contributed by atoms with Crippen LogP contribution in [0.25, 0.3) is 0 Å². The Kier molecular flexibility index (Phi) is 27.9. The monoisotopic (exact) mass is 162 g/mol. The quantitative estimate of drug-likeness (QED) is 0.323. The van der Waals surface area contributed by atoms with Crippen LogP contribution in [0.15, 0.2) is 0 Å². The fraction of sp³-hybridized carbons (Fsp3) is 1.00. The molecule has 0 atom stereocenters. The summed E-state index contributed by atoms with van der Waals surface area (Å²) >= 11 is 0. The van der Waals surface area contributed by atoms with Crippen LogP contribution in [0.1, 0.15) is 0 Å². The maximum Gasteiger partial charge on any atom is 1.00 e. The molecule has 0 aromatic rings. The molecule has 0 fully saturated rings. The van der Waals surface area contributed by atoms with E-state index in [0.717, 1.165) is 0 Å². The summed E-state index contributed by atoms with van der Waals surface area (Å²) < 4.78 is 9.53. The van der Waals surface area contributed by atoms with Crippen molar-refractivity contribution in [2.75, 3.05) is 33.5 Å². The first-order chi connectivity index (χ1) is 3.91. The van der Waals surface area contributed by atoms with Crippen LogP contribution in [0.3, 0.4) is 0 Å². The summed E-state index contributed by atoms with van der Waals surface area (Å²) in [4.78, 5) is 0. The van der Waals surface area contributed by atoms with Crippen LogP contribution in [0.5, 0.6) is 0 Å². The van der Waals surface area contributed by atoms with Gasteiger partial charge in [-0.05, 0) is 0 Å². The first kappa shape index (κ1) is 17.0. The number of methoxy groups -OCH3 is 1. The van der Waals surface area contributed by atoms with Gasteiger partial charge in [0.1, 0.15) is 0 Å². The molecule has 0 aliphatic rings. The summed E-state index contributed by atoms with van der Waals surface area (Å²) in [5, 5.41) is 8.20. The maximum absolute atomic E-state index is 8.20. The zero-order chi connectivity index (χ0) is 6.24. The SMILES string of the molecule is COCCOCCO.[Cl-].[Li+]. The van der Waals surface area contributed by atoms with Gasteiger partial charge in [0.15, 0.2) is 0 Å². The number of ether oxygens (including phenoxy) is 2. The van der Waals surface area contributed by atoms with E-state index in [-0.39, 0.29) is 37.9 Å². The van der Waals surface area contributed by atoms with Gasteiger partial charge in [-0.2, -0.15) is 0 Å². The third-order valence-corrected chi connectivity index (χ3v) is 0.667. The van der Waals surface area contributed by atoms with Gasteiger partial charge in [0.05, 0.1) is 26.4 Å². The van der Waals surface area contributed by atoms with Crippen LogP contribution in [0, 0.1) is 0 Å². The van der Waals surface area contributed by atoms with E-state index < -0.39 is 0 Å². The summed E-state index contributed by atoms with van der Waals surface area (Å²) in [7, 11) is 1.61. The van der Waals surface area contributed by atoms with Crippen LogP contribution in [-0.4, -0.2) is 38.6 Å². The minimum atomic E-state index is 0. The van der Waals surface area contributed by atoms with E-state index in [4.69, 9.17) is 9.84 Å². The molecule has 3 nitrogen and oxygen atoms in total. The molecule has 10 heavy (non-hydrogen) atoms. The van der Waals surface area contributed by atoms with Gasteiger partial charge < -0.3 is 27.0 Å². The number of rotatable bonds is 5. The van der Waals surface area contributed by atoms with Gasteiger partial charge in [0.25, 0.3) is 0 Å². The summed E-state index contributed by atoms with van der Waals surface area (Å²) in [6.07, 6.45) is 0. The number of hydrogen-bond acceptors (Lipinski definition) is 3. The van der Waals surface area contributed by atoms with Gasteiger partial charge in [-0.15, -0.1) is 0 Å². The number of hydrogen-bond donors (Lipinski definition) is 1. The Bertz CT molecular complexity index is 41.9. The summed E-state index contributed by atoms with van der Waals surface area (Å²) in [6.45, 7) is 1.66. The topological polar surface area (TPSA) is 38.7 Å². The van der Waals surface area contributed by atoms with Crippen LogP contribution in [-0.2, 0) is 9.47 Å². The molecule has 5 heteroatoms. The first-order valence-corrected chi connectivity index (χ1v) is 2.59. The molecule has 0 amide bonds. The largest absolute Gasteiger partial charge is 1.00 e. The minimum absolute atomic E-state index is 0. The molecule has 0 rings (SSSR count). The van der Waals surface area contributed by atoms with Gasteiger partial charge in [-0.3, -0.25) is 0 Å². The molecule has 0 saturated carbocycles. The van der Waals surface area contributed by atoms with E-state index in [1.807, 2.05) is 0 Å². The van der Waals surface area contributed by atoms with E-state index >= 15 is 0 Å². The van der Waals surface area contributed by atoms with E-state index in [1.54, 1.807) is 7.11 Å². The van der Waals surface area contributed by atoms with Crippen molar-refractivity contribution in [3.63, 3.8) is 0 Å². The summed E-state index contributed by atoms with van der Waals surface area (Å²) in [6, 6.07) is 0. The second-order valence-electron chi connectivity index (χ2n) is 1.33. The Labute approximate surface area is 79.7 Å². The first-order valence-electron chi connectivity index (χ1n) is 2.59. The molecule has 0 radical (unpaired) electrons. The second kappa shape index (κ2) is 16.4. The maximum atomic E-state index is 8.20. The van der Waals surface area contributed by atoms with Gasteiger partial charge in [-0.1, -0.05) is 0 Å². The van der Waals surface area contributed by atoms with Crippen molar-refractivity contribution in [1.29, 1.82) is 0 Å². The Balaban J connectivity index is -0.000000245. The number of aliphatic hydroxyl groups excluding tert-OH is 1. The Morgan fingerprint density at radius 1 is 1.20 bits per heavy atom. The predicted octanol–water partition coefficient (Wildman–Crippen LogP) is -6.35. The molecule has 0 spiro atoms. The molecule has 58 valence electrons. The molecule has 1 N–H and O–H groups in total. The van der Waals surface area contributed by atoms with Crippen molar-refractivity contribution in [3.8, 4) is 0 Å². The average molecular weight is 163 g/mol. The number of aliphatic hydroxyl groups is 1. The van der Waals surface area contributed by atoms with E-state index in [2.05, 4.69) is 4.74 Å². The van der Waals surface area contributed by atoms with Crippen molar-refractivity contribution in [2.24, 2.45) is 0 Å². The van der Waals surface area contributed by atoms with E-state index in [1.165, 1.54) is 0 Å². The molecule has 0 aliphatic carbocycles. The van der Waals surface area contributed by atoms with Crippen molar-refractivity contribution in [3.05, 3.63) is 0 Å². The molecule has 0 aromatic heterocycles. The Morgan fingerprint density at radius 3 is 2.20 bits per heavy atom. The van der Waals surface area contributed by atoms with Crippen LogP contribution < -0.4 is 31.3 Å². The minimum Gasteiger partial charge on any atom is -1.00 e. The molecule has 0 bridgehead atoms. The van der Waals surface area contributed by atoms with Gasteiger partial charge in [-0.25, -0.2) is 0 Å². The average Bonchev–Trinajstić information content (AvgIpc) is 1.81. The van der Waals surface area contributed by atoms with Gasteiger partial charge in [0.2, 0.25) is 0 Å².